The maximum Gasteiger partial charge on any atom is 1.00 e. The van der Waals surface area contributed by atoms with Crippen LogP contribution in [0.4, 0.5) is 8.78 Å². The van der Waals surface area contributed by atoms with E-state index in [4.69, 9.17) is 0 Å². The molecule has 15 heavy (non-hydrogen) atoms. The molecule has 0 aromatic rings. The monoisotopic (exact) mass is 243 g/mol. The molecule has 1 aliphatic carbocycles. The summed E-state index contributed by atoms with van der Waals surface area (Å²) in [6.45, 7) is 4.17. The van der Waals surface area contributed by atoms with Crippen molar-refractivity contribution < 1.29 is 60.2 Å². The van der Waals surface area contributed by atoms with Gasteiger partial charge in [-0.05, 0) is 18.8 Å². The van der Waals surface area contributed by atoms with Gasteiger partial charge in [0.05, 0.1) is 0 Å². The Labute approximate surface area is 134 Å². The van der Waals surface area contributed by atoms with Gasteiger partial charge in [-0.25, -0.2) is 8.78 Å². The third-order valence-corrected chi connectivity index (χ3v) is 3.16. The number of alkyl halides is 2. The van der Waals surface area contributed by atoms with Crippen LogP contribution in [0.1, 0.15) is 39.5 Å². The van der Waals surface area contributed by atoms with Gasteiger partial charge in [-0.1, -0.05) is 33.2 Å². The molecule has 84 valence electrons. The van der Waals surface area contributed by atoms with Crippen molar-refractivity contribution in [3.63, 3.8) is 0 Å². The van der Waals surface area contributed by atoms with E-state index in [0.717, 1.165) is 12.8 Å². The number of rotatable bonds is 4. The first-order valence-electron chi connectivity index (χ1n) is 5.57. The fraction of sp³-hybridized carbons (Fsp3) is 1.00. The summed E-state index contributed by atoms with van der Waals surface area (Å²) in [6, 6.07) is 0. The summed E-state index contributed by atoms with van der Waals surface area (Å²) in [5.74, 6) is -2.35. The van der Waals surface area contributed by atoms with Crippen molar-refractivity contribution in [2.45, 2.75) is 45.5 Å². The smallest absolute Gasteiger partial charge is 0.658 e. The van der Waals surface area contributed by atoms with E-state index in [1.807, 2.05) is 0 Å². The van der Waals surface area contributed by atoms with Gasteiger partial charge >= 0.3 is 51.4 Å². The quantitative estimate of drug-likeness (QED) is 0.650. The van der Waals surface area contributed by atoms with E-state index in [1.165, 1.54) is 0 Å². The van der Waals surface area contributed by atoms with Crippen LogP contribution in [0.2, 0.25) is 0 Å². The van der Waals surface area contributed by atoms with E-state index in [1.54, 1.807) is 6.92 Å². The van der Waals surface area contributed by atoms with Crippen LogP contribution in [0.15, 0.2) is 0 Å². The fourth-order valence-corrected chi connectivity index (χ4v) is 2.07. The SMILES string of the molecule is CC[N-]CC(F)(F)C1CCC(C)CC1.[K+]. The van der Waals surface area contributed by atoms with E-state index in [9.17, 15) is 8.78 Å². The zero-order valence-corrected chi connectivity index (χ0v) is 13.2. The predicted molar refractivity (Wildman–Crippen MR) is 54.8 cm³/mol. The fourth-order valence-electron chi connectivity index (χ4n) is 2.07. The maximum absolute atomic E-state index is 13.5. The van der Waals surface area contributed by atoms with Crippen molar-refractivity contribution in [1.29, 1.82) is 0 Å². The molecule has 0 bridgehead atoms. The Morgan fingerprint density at radius 2 is 1.73 bits per heavy atom. The molecule has 0 spiro atoms. The summed E-state index contributed by atoms with van der Waals surface area (Å²) in [6.07, 6.45) is 3.25. The van der Waals surface area contributed by atoms with E-state index < -0.39 is 11.8 Å². The summed E-state index contributed by atoms with van der Waals surface area (Å²) in [7, 11) is 0. The number of halogens is 2. The van der Waals surface area contributed by atoms with Gasteiger partial charge in [0, 0.05) is 5.92 Å². The Morgan fingerprint density at radius 1 is 1.20 bits per heavy atom. The first-order valence-corrected chi connectivity index (χ1v) is 5.57. The third kappa shape index (κ3) is 5.55. The first-order chi connectivity index (χ1) is 6.56. The van der Waals surface area contributed by atoms with Gasteiger partial charge in [-0.3, -0.25) is 0 Å². The molecule has 0 atom stereocenters. The topological polar surface area (TPSA) is 14.1 Å². The average Bonchev–Trinajstić information content (AvgIpc) is 2.16. The maximum atomic E-state index is 13.5. The summed E-state index contributed by atoms with van der Waals surface area (Å²) in [4.78, 5) is 0. The second-order valence-electron chi connectivity index (χ2n) is 4.42. The second kappa shape index (κ2) is 7.72. The van der Waals surface area contributed by atoms with Gasteiger partial charge in [-0.15, -0.1) is 0 Å². The van der Waals surface area contributed by atoms with Gasteiger partial charge in [0.2, 0.25) is 5.92 Å². The van der Waals surface area contributed by atoms with Gasteiger partial charge in [-0.2, -0.15) is 6.54 Å². The zero-order valence-electron chi connectivity index (χ0n) is 10.1. The van der Waals surface area contributed by atoms with E-state index in [0.29, 0.717) is 25.3 Å². The molecule has 0 amide bonds. The van der Waals surface area contributed by atoms with Gasteiger partial charge in [0.25, 0.3) is 0 Å². The molecule has 1 nitrogen and oxygen atoms in total. The molecule has 0 aliphatic heterocycles. The molecule has 0 heterocycles. The van der Waals surface area contributed by atoms with E-state index in [2.05, 4.69) is 12.2 Å². The van der Waals surface area contributed by atoms with Crippen LogP contribution < -0.4 is 51.4 Å². The van der Waals surface area contributed by atoms with Gasteiger partial charge in [0.1, 0.15) is 0 Å². The molecule has 0 N–H and O–H groups in total. The Hall–Kier alpha value is 1.46. The zero-order chi connectivity index (χ0) is 10.6. The molecular formula is C11H20F2KN. The summed E-state index contributed by atoms with van der Waals surface area (Å²) >= 11 is 0. The van der Waals surface area contributed by atoms with Crippen molar-refractivity contribution in [1.82, 2.24) is 0 Å². The van der Waals surface area contributed by atoms with Crippen molar-refractivity contribution in [2.24, 2.45) is 11.8 Å². The van der Waals surface area contributed by atoms with Crippen LogP contribution in [-0.2, 0) is 0 Å². The molecule has 0 aromatic carbocycles. The van der Waals surface area contributed by atoms with Crippen LogP contribution in [0, 0.1) is 11.8 Å². The number of hydrogen-bond acceptors (Lipinski definition) is 0. The van der Waals surface area contributed by atoms with Crippen molar-refractivity contribution >= 4 is 0 Å². The van der Waals surface area contributed by atoms with Crippen LogP contribution >= 0.6 is 0 Å². The van der Waals surface area contributed by atoms with Crippen LogP contribution in [0.3, 0.4) is 0 Å². The van der Waals surface area contributed by atoms with Crippen LogP contribution in [-0.4, -0.2) is 19.0 Å². The molecule has 0 radical (unpaired) electrons. The summed E-state index contributed by atoms with van der Waals surface area (Å²) in [5.41, 5.74) is 0. The minimum atomic E-state index is -2.56. The number of nitrogens with zero attached hydrogens (tertiary/aromatic N) is 1. The van der Waals surface area contributed by atoms with Crippen LogP contribution in [0.5, 0.6) is 0 Å². The van der Waals surface area contributed by atoms with Gasteiger partial charge in [0.15, 0.2) is 0 Å². The number of hydrogen-bond donors (Lipinski definition) is 0. The normalized spacial score (nSPS) is 27.2. The average molecular weight is 243 g/mol. The van der Waals surface area contributed by atoms with E-state index >= 15 is 0 Å². The minimum Gasteiger partial charge on any atom is -0.658 e. The van der Waals surface area contributed by atoms with Gasteiger partial charge < -0.3 is 5.32 Å². The molecule has 0 saturated heterocycles. The molecule has 1 rings (SSSR count). The first kappa shape index (κ1) is 16.5. The molecule has 4 heteroatoms. The molecule has 0 aromatic heterocycles. The Balaban J connectivity index is 0.00000196. The van der Waals surface area contributed by atoms with Crippen LogP contribution in [0.25, 0.3) is 5.32 Å². The molecular weight excluding hydrogens is 223 g/mol. The van der Waals surface area contributed by atoms with E-state index in [-0.39, 0.29) is 57.9 Å². The summed E-state index contributed by atoms with van der Waals surface area (Å²) in [5, 5.41) is 3.79. The second-order valence-corrected chi connectivity index (χ2v) is 4.42. The Morgan fingerprint density at radius 3 is 2.20 bits per heavy atom. The molecule has 1 saturated carbocycles. The van der Waals surface area contributed by atoms with Crippen molar-refractivity contribution in [3.05, 3.63) is 5.32 Å². The Kier molecular flexibility index (Phi) is 8.47. The Bertz CT molecular complexity index is 168. The molecule has 1 aliphatic rings. The minimum absolute atomic E-state index is 0. The van der Waals surface area contributed by atoms with Crippen molar-refractivity contribution in [2.75, 3.05) is 13.1 Å². The standard InChI is InChI=1S/C11H20F2N.K/c1-3-14-8-11(12,13)10-6-4-9(2)5-7-10;/h9-10H,3-8H2,1-2H3;/q-1;+1. The van der Waals surface area contributed by atoms with Crippen molar-refractivity contribution in [3.8, 4) is 0 Å². The predicted octanol–water partition coefficient (Wildman–Crippen LogP) is 0.846. The molecule has 1 fully saturated rings. The molecule has 0 unspecified atom stereocenters. The largest absolute Gasteiger partial charge is 1.00 e. The third-order valence-electron chi connectivity index (χ3n) is 3.16. The summed E-state index contributed by atoms with van der Waals surface area (Å²) < 4.78 is 27.1.